The Hall–Kier alpha value is -7.03. The summed E-state index contributed by atoms with van der Waals surface area (Å²) in [7, 11) is 0. The summed E-state index contributed by atoms with van der Waals surface area (Å²) in [6.45, 7) is 2.26. The maximum atomic E-state index is 5.16. The molecule has 0 saturated carbocycles. The van der Waals surface area contributed by atoms with E-state index in [2.05, 4.69) is 206 Å². The van der Waals surface area contributed by atoms with Gasteiger partial charge in [0.1, 0.15) is 5.82 Å². The summed E-state index contributed by atoms with van der Waals surface area (Å²) in [6.07, 6.45) is 7.92. The predicted octanol–water partition coefficient (Wildman–Crippen LogP) is 14.8. The number of fused-ring (bicyclic) bond motifs is 5. The molecular weight excluding hydrogens is 677 g/mol. The zero-order valence-corrected chi connectivity index (χ0v) is 31.2. The lowest BCUT2D eigenvalue weighted by Gasteiger charge is -2.19. The van der Waals surface area contributed by atoms with E-state index in [0.717, 1.165) is 28.8 Å². The van der Waals surface area contributed by atoms with E-state index in [1.165, 1.54) is 82.2 Å². The van der Waals surface area contributed by atoms with Crippen LogP contribution in [0.25, 0.3) is 105 Å². The Kier molecular flexibility index (Phi) is 7.57. The number of hydrogen-bond donors (Lipinski definition) is 0. The summed E-state index contributed by atoms with van der Waals surface area (Å²) in [4.78, 5) is 5.16. The minimum Gasteiger partial charge on any atom is -0.293 e. The van der Waals surface area contributed by atoms with Crippen molar-refractivity contribution in [3.05, 3.63) is 194 Å². The fraction of sp³-hybridized carbons (Fsp3) is 0.0556. The third kappa shape index (κ3) is 5.37. The number of para-hydroxylation sites is 2. The number of imidazole rings is 1. The molecule has 1 aromatic heterocycles. The second-order valence-electron chi connectivity index (χ2n) is 15.2. The summed E-state index contributed by atoms with van der Waals surface area (Å²) in [6, 6.07) is 64.6. The average molecular weight is 715 g/mol. The van der Waals surface area contributed by atoms with E-state index in [1.807, 2.05) is 0 Å². The standard InChI is InChI=1S/C54H38N2/c1-35-18-29-45(30-19-35)56-51-17-9-8-16-50(51)55-54(56)39-24-20-38(21-25-39)42-28-31-48-49(34-42)53(44-27-23-37-11-3-5-13-41(37)33-44)47-15-7-6-14-46(47)52(48)43-26-22-36-10-2-4-12-40(36)32-43/h2-18,20-35H,19H2,1H3. The van der Waals surface area contributed by atoms with E-state index in [4.69, 9.17) is 4.98 Å². The molecule has 9 aromatic carbocycles. The van der Waals surface area contributed by atoms with Gasteiger partial charge in [0.05, 0.1) is 11.0 Å². The molecule has 56 heavy (non-hydrogen) atoms. The molecule has 0 spiro atoms. The molecule has 10 aromatic rings. The first-order valence-corrected chi connectivity index (χ1v) is 19.6. The van der Waals surface area contributed by atoms with Crippen LogP contribution in [0, 0.1) is 5.92 Å². The van der Waals surface area contributed by atoms with Gasteiger partial charge in [0.15, 0.2) is 0 Å². The van der Waals surface area contributed by atoms with Crippen LogP contribution in [-0.4, -0.2) is 9.55 Å². The quantitative estimate of drug-likeness (QED) is 0.162. The number of benzene rings is 9. The van der Waals surface area contributed by atoms with Gasteiger partial charge in [0.25, 0.3) is 0 Å². The van der Waals surface area contributed by atoms with Gasteiger partial charge in [-0.15, -0.1) is 0 Å². The Morgan fingerprint density at radius 1 is 0.464 bits per heavy atom. The highest BCUT2D eigenvalue weighted by atomic mass is 15.1. The lowest BCUT2D eigenvalue weighted by atomic mass is 9.84. The average Bonchev–Trinajstić information content (AvgIpc) is 3.65. The van der Waals surface area contributed by atoms with Gasteiger partial charge in [-0.05, 0) is 125 Å². The summed E-state index contributed by atoms with van der Waals surface area (Å²) in [5, 5.41) is 10.00. The molecule has 0 N–H and O–H groups in total. The fourth-order valence-electron chi connectivity index (χ4n) is 8.84. The van der Waals surface area contributed by atoms with Crippen molar-refractivity contribution in [3.63, 3.8) is 0 Å². The van der Waals surface area contributed by atoms with Crippen molar-refractivity contribution in [2.24, 2.45) is 5.92 Å². The third-order valence-corrected chi connectivity index (χ3v) is 11.7. The molecule has 0 amide bonds. The Labute approximate surface area is 326 Å². The van der Waals surface area contributed by atoms with Crippen LogP contribution in [0.5, 0.6) is 0 Å². The van der Waals surface area contributed by atoms with Crippen molar-refractivity contribution in [1.29, 1.82) is 0 Å². The van der Waals surface area contributed by atoms with Gasteiger partial charge in [0, 0.05) is 11.3 Å². The van der Waals surface area contributed by atoms with Crippen molar-refractivity contribution >= 4 is 59.8 Å². The molecule has 0 bridgehead atoms. The fourth-order valence-corrected chi connectivity index (χ4v) is 8.84. The van der Waals surface area contributed by atoms with Crippen molar-refractivity contribution < 1.29 is 0 Å². The number of allylic oxidation sites excluding steroid dienone is 4. The van der Waals surface area contributed by atoms with E-state index in [9.17, 15) is 0 Å². The first kappa shape index (κ1) is 32.4. The lowest BCUT2D eigenvalue weighted by molar-refractivity contribution is 0.735. The maximum absolute atomic E-state index is 5.16. The second kappa shape index (κ2) is 13.1. The molecule has 264 valence electrons. The summed E-state index contributed by atoms with van der Waals surface area (Å²) in [5.41, 5.74) is 11.8. The topological polar surface area (TPSA) is 17.8 Å². The van der Waals surface area contributed by atoms with Crippen LogP contribution in [0.15, 0.2) is 194 Å². The van der Waals surface area contributed by atoms with Crippen LogP contribution in [-0.2, 0) is 0 Å². The lowest BCUT2D eigenvalue weighted by Crippen LogP contribution is -2.03. The molecule has 11 rings (SSSR count). The molecule has 0 aliphatic heterocycles. The molecular formula is C54H38N2. The maximum Gasteiger partial charge on any atom is 0.145 e. The van der Waals surface area contributed by atoms with E-state index < -0.39 is 0 Å². The Morgan fingerprint density at radius 2 is 1.00 bits per heavy atom. The van der Waals surface area contributed by atoms with Crippen LogP contribution in [0.2, 0.25) is 0 Å². The molecule has 0 fully saturated rings. The van der Waals surface area contributed by atoms with Crippen molar-refractivity contribution in [2.45, 2.75) is 13.3 Å². The molecule has 1 aliphatic rings. The van der Waals surface area contributed by atoms with Gasteiger partial charge < -0.3 is 0 Å². The zero-order valence-electron chi connectivity index (χ0n) is 31.2. The van der Waals surface area contributed by atoms with Gasteiger partial charge in [-0.3, -0.25) is 4.57 Å². The van der Waals surface area contributed by atoms with Crippen LogP contribution >= 0.6 is 0 Å². The molecule has 0 saturated heterocycles. The summed E-state index contributed by atoms with van der Waals surface area (Å²) >= 11 is 0. The summed E-state index contributed by atoms with van der Waals surface area (Å²) in [5.74, 6) is 1.51. The van der Waals surface area contributed by atoms with Gasteiger partial charge in [-0.1, -0.05) is 165 Å². The van der Waals surface area contributed by atoms with E-state index in [-0.39, 0.29) is 0 Å². The number of aromatic nitrogens is 2. The molecule has 1 unspecified atom stereocenters. The van der Waals surface area contributed by atoms with Crippen molar-refractivity contribution in [3.8, 4) is 44.8 Å². The predicted molar refractivity (Wildman–Crippen MR) is 239 cm³/mol. The van der Waals surface area contributed by atoms with E-state index in [1.54, 1.807) is 0 Å². The smallest absolute Gasteiger partial charge is 0.145 e. The van der Waals surface area contributed by atoms with Gasteiger partial charge in [-0.2, -0.15) is 0 Å². The third-order valence-electron chi connectivity index (χ3n) is 11.7. The molecule has 1 atom stereocenters. The normalized spacial score (nSPS) is 14.3. The minimum atomic E-state index is 0.543. The van der Waals surface area contributed by atoms with Gasteiger partial charge in [-0.25, -0.2) is 4.98 Å². The van der Waals surface area contributed by atoms with E-state index >= 15 is 0 Å². The molecule has 2 heteroatoms. The SMILES string of the molecule is CC1C=CC(n2c(-c3ccc(-c4ccc5c(-c6ccc7ccccc7c6)c6ccccc6c(-c6ccc7ccccc7c6)c5c4)cc3)nc3ccccc32)=CC1. The largest absolute Gasteiger partial charge is 0.293 e. The summed E-state index contributed by atoms with van der Waals surface area (Å²) < 4.78 is 2.32. The van der Waals surface area contributed by atoms with Crippen LogP contribution in [0.3, 0.4) is 0 Å². The van der Waals surface area contributed by atoms with E-state index in [0.29, 0.717) is 5.92 Å². The number of rotatable bonds is 5. The molecule has 2 nitrogen and oxygen atoms in total. The van der Waals surface area contributed by atoms with Crippen molar-refractivity contribution in [1.82, 2.24) is 9.55 Å². The molecule has 0 radical (unpaired) electrons. The Balaban J connectivity index is 1.11. The molecule has 1 aliphatic carbocycles. The first-order chi connectivity index (χ1) is 27.7. The highest BCUT2D eigenvalue weighted by Gasteiger charge is 2.20. The minimum absolute atomic E-state index is 0.543. The number of hydrogen-bond acceptors (Lipinski definition) is 1. The highest BCUT2D eigenvalue weighted by molar-refractivity contribution is 6.22. The first-order valence-electron chi connectivity index (χ1n) is 19.6. The Morgan fingerprint density at radius 3 is 1.66 bits per heavy atom. The van der Waals surface area contributed by atoms with Crippen molar-refractivity contribution in [2.75, 3.05) is 0 Å². The second-order valence-corrected chi connectivity index (χ2v) is 15.2. The van der Waals surface area contributed by atoms with Crippen LogP contribution in [0.4, 0.5) is 0 Å². The monoisotopic (exact) mass is 714 g/mol. The number of nitrogens with zero attached hydrogens (tertiary/aromatic N) is 2. The van der Waals surface area contributed by atoms with Gasteiger partial charge in [0.2, 0.25) is 0 Å². The van der Waals surface area contributed by atoms with Crippen LogP contribution < -0.4 is 0 Å². The van der Waals surface area contributed by atoms with Gasteiger partial charge >= 0.3 is 0 Å². The molecule has 1 heterocycles. The Bertz CT molecular complexity index is 3230. The zero-order chi connectivity index (χ0) is 37.2. The highest BCUT2D eigenvalue weighted by Crippen LogP contribution is 2.46. The van der Waals surface area contributed by atoms with Crippen LogP contribution in [0.1, 0.15) is 13.3 Å².